The SMILES string of the molecule is N#Cc1cc2cc(Br)ccc2c(Cl)n1. The second-order valence-electron chi connectivity index (χ2n) is 2.78. The van der Waals surface area contributed by atoms with Gasteiger partial charge in [0.05, 0.1) is 0 Å². The van der Waals surface area contributed by atoms with Gasteiger partial charge in [-0.05, 0) is 23.6 Å². The molecule has 68 valence electrons. The highest BCUT2D eigenvalue weighted by Gasteiger charge is 2.03. The Kier molecular flexibility index (Phi) is 2.40. The third-order valence-electron chi connectivity index (χ3n) is 1.86. The predicted molar refractivity (Wildman–Crippen MR) is 59.2 cm³/mol. The van der Waals surface area contributed by atoms with E-state index in [1.54, 1.807) is 6.07 Å². The number of rotatable bonds is 0. The van der Waals surface area contributed by atoms with Gasteiger partial charge in [0.2, 0.25) is 0 Å². The van der Waals surface area contributed by atoms with E-state index in [1.165, 1.54) is 0 Å². The van der Waals surface area contributed by atoms with Crippen molar-refractivity contribution in [2.45, 2.75) is 0 Å². The standard InChI is InChI=1S/C10H4BrClN2/c11-7-1-2-9-6(3-7)4-8(5-13)14-10(9)12/h1-4H. The van der Waals surface area contributed by atoms with Crippen molar-refractivity contribution in [3.8, 4) is 6.07 Å². The molecule has 0 unspecified atom stereocenters. The Labute approximate surface area is 94.3 Å². The van der Waals surface area contributed by atoms with Crippen LogP contribution in [0.1, 0.15) is 5.69 Å². The summed E-state index contributed by atoms with van der Waals surface area (Å²) in [6, 6.07) is 9.35. The van der Waals surface area contributed by atoms with E-state index >= 15 is 0 Å². The van der Waals surface area contributed by atoms with Crippen LogP contribution in [0.3, 0.4) is 0 Å². The Morgan fingerprint density at radius 2 is 2.14 bits per heavy atom. The van der Waals surface area contributed by atoms with Crippen LogP contribution in [0.5, 0.6) is 0 Å². The van der Waals surface area contributed by atoms with Crippen molar-refractivity contribution in [1.82, 2.24) is 4.98 Å². The summed E-state index contributed by atoms with van der Waals surface area (Å²) in [5.41, 5.74) is 0.334. The molecule has 0 radical (unpaired) electrons. The van der Waals surface area contributed by atoms with Crippen molar-refractivity contribution in [2.24, 2.45) is 0 Å². The molecule has 2 rings (SSSR count). The molecule has 0 aliphatic rings. The lowest BCUT2D eigenvalue weighted by Crippen LogP contribution is -1.85. The number of nitriles is 1. The number of fused-ring (bicyclic) bond motifs is 1. The van der Waals surface area contributed by atoms with Gasteiger partial charge in [-0.1, -0.05) is 33.6 Å². The van der Waals surface area contributed by atoms with Crippen LogP contribution in [0.4, 0.5) is 0 Å². The molecule has 0 spiro atoms. The Hall–Kier alpha value is -1.11. The van der Waals surface area contributed by atoms with Crippen LogP contribution in [0, 0.1) is 11.3 Å². The van der Waals surface area contributed by atoms with Crippen molar-refractivity contribution >= 4 is 38.3 Å². The van der Waals surface area contributed by atoms with Crippen LogP contribution in [-0.2, 0) is 0 Å². The van der Waals surface area contributed by atoms with Gasteiger partial charge in [0.25, 0.3) is 0 Å². The molecule has 0 fully saturated rings. The first-order valence-electron chi connectivity index (χ1n) is 3.86. The van der Waals surface area contributed by atoms with Crippen LogP contribution in [0.25, 0.3) is 10.8 Å². The molecule has 0 amide bonds. The Bertz CT molecular complexity index is 546. The first-order valence-corrected chi connectivity index (χ1v) is 5.04. The van der Waals surface area contributed by atoms with Gasteiger partial charge >= 0.3 is 0 Å². The molecule has 0 bridgehead atoms. The van der Waals surface area contributed by atoms with Crippen molar-refractivity contribution in [3.63, 3.8) is 0 Å². The average Bonchev–Trinajstić information content (AvgIpc) is 2.16. The van der Waals surface area contributed by atoms with Crippen molar-refractivity contribution in [1.29, 1.82) is 5.26 Å². The molecule has 0 N–H and O–H groups in total. The highest BCUT2D eigenvalue weighted by atomic mass is 79.9. The average molecular weight is 268 g/mol. The lowest BCUT2D eigenvalue weighted by molar-refractivity contribution is 1.29. The van der Waals surface area contributed by atoms with Gasteiger partial charge < -0.3 is 0 Å². The summed E-state index contributed by atoms with van der Waals surface area (Å²) in [6.45, 7) is 0. The monoisotopic (exact) mass is 266 g/mol. The predicted octanol–water partition coefficient (Wildman–Crippen LogP) is 3.52. The largest absolute Gasteiger partial charge is 0.225 e. The van der Waals surface area contributed by atoms with E-state index in [4.69, 9.17) is 16.9 Å². The molecule has 0 aliphatic heterocycles. The first-order chi connectivity index (χ1) is 6.70. The number of hydrogen-bond acceptors (Lipinski definition) is 2. The fourth-order valence-electron chi connectivity index (χ4n) is 1.24. The third kappa shape index (κ3) is 1.59. The van der Waals surface area contributed by atoms with E-state index in [9.17, 15) is 0 Å². The Morgan fingerprint density at radius 1 is 1.36 bits per heavy atom. The van der Waals surface area contributed by atoms with E-state index in [1.807, 2.05) is 24.3 Å². The lowest BCUT2D eigenvalue weighted by atomic mass is 10.1. The van der Waals surface area contributed by atoms with Gasteiger partial charge in [-0.25, -0.2) is 4.98 Å². The highest BCUT2D eigenvalue weighted by Crippen LogP contribution is 2.25. The molecule has 4 heteroatoms. The normalized spacial score (nSPS) is 10.1. The molecule has 2 aromatic rings. The van der Waals surface area contributed by atoms with Crippen LogP contribution < -0.4 is 0 Å². The number of benzene rings is 1. The molecule has 14 heavy (non-hydrogen) atoms. The second-order valence-corrected chi connectivity index (χ2v) is 4.05. The van der Waals surface area contributed by atoms with Crippen LogP contribution in [-0.4, -0.2) is 4.98 Å². The highest BCUT2D eigenvalue weighted by molar-refractivity contribution is 9.10. The Morgan fingerprint density at radius 3 is 2.86 bits per heavy atom. The van der Waals surface area contributed by atoms with Crippen LogP contribution >= 0.6 is 27.5 Å². The minimum absolute atomic E-state index is 0.334. The van der Waals surface area contributed by atoms with E-state index in [0.717, 1.165) is 15.2 Å². The molecular formula is C10H4BrClN2. The quantitative estimate of drug-likeness (QED) is 0.685. The molecule has 0 saturated carbocycles. The maximum atomic E-state index is 8.71. The second kappa shape index (κ2) is 3.56. The minimum Gasteiger partial charge on any atom is -0.225 e. The summed E-state index contributed by atoms with van der Waals surface area (Å²) in [7, 11) is 0. The summed E-state index contributed by atoms with van der Waals surface area (Å²) in [5.74, 6) is 0. The number of aromatic nitrogens is 1. The lowest BCUT2D eigenvalue weighted by Gasteiger charge is -2.00. The van der Waals surface area contributed by atoms with Gasteiger partial charge in [-0.3, -0.25) is 0 Å². The molecule has 1 heterocycles. The zero-order chi connectivity index (χ0) is 10.1. The van der Waals surface area contributed by atoms with E-state index in [2.05, 4.69) is 20.9 Å². The number of pyridine rings is 1. The topological polar surface area (TPSA) is 36.7 Å². The van der Waals surface area contributed by atoms with Crippen LogP contribution in [0.2, 0.25) is 5.15 Å². The molecule has 0 atom stereocenters. The summed E-state index contributed by atoms with van der Waals surface area (Å²) in [4.78, 5) is 3.94. The fourth-order valence-corrected chi connectivity index (χ4v) is 1.89. The van der Waals surface area contributed by atoms with Crippen molar-refractivity contribution in [3.05, 3.63) is 39.6 Å². The molecule has 0 aliphatic carbocycles. The number of nitrogens with zero attached hydrogens (tertiary/aromatic N) is 2. The maximum Gasteiger partial charge on any atom is 0.142 e. The molecule has 1 aromatic heterocycles. The zero-order valence-electron chi connectivity index (χ0n) is 6.96. The number of hydrogen-bond donors (Lipinski definition) is 0. The molecule has 1 aromatic carbocycles. The maximum absolute atomic E-state index is 8.71. The van der Waals surface area contributed by atoms with Crippen LogP contribution in [0.15, 0.2) is 28.7 Å². The first kappa shape index (κ1) is 9.45. The molecule has 0 saturated heterocycles. The van der Waals surface area contributed by atoms with Crippen molar-refractivity contribution in [2.75, 3.05) is 0 Å². The van der Waals surface area contributed by atoms with E-state index in [0.29, 0.717) is 10.8 Å². The minimum atomic E-state index is 0.334. The van der Waals surface area contributed by atoms with Crippen molar-refractivity contribution < 1.29 is 0 Å². The third-order valence-corrected chi connectivity index (χ3v) is 2.64. The van der Waals surface area contributed by atoms with E-state index < -0.39 is 0 Å². The van der Waals surface area contributed by atoms with Gasteiger partial charge in [0.15, 0.2) is 0 Å². The molecular weight excluding hydrogens is 263 g/mol. The van der Waals surface area contributed by atoms with Gasteiger partial charge in [0, 0.05) is 9.86 Å². The van der Waals surface area contributed by atoms with Gasteiger partial charge in [-0.2, -0.15) is 5.26 Å². The van der Waals surface area contributed by atoms with E-state index in [-0.39, 0.29) is 0 Å². The summed E-state index contributed by atoms with van der Waals surface area (Å²) in [6.07, 6.45) is 0. The van der Waals surface area contributed by atoms with Gasteiger partial charge in [-0.15, -0.1) is 0 Å². The number of halogens is 2. The summed E-state index contributed by atoms with van der Waals surface area (Å²) >= 11 is 9.27. The summed E-state index contributed by atoms with van der Waals surface area (Å²) < 4.78 is 0.955. The fraction of sp³-hybridized carbons (Fsp3) is 0. The molecule has 2 nitrogen and oxygen atoms in total. The van der Waals surface area contributed by atoms with Gasteiger partial charge in [0.1, 0.15) is 16.9 Å². The Balaban J connectivity index is 2.85. The zero-order valence-corrected chi connectivity index (χ0v) is 9.30. The smallest absolute Gasteiger partial charge is 0.142 e. The summed E-state index contributed by atoms with van der Waals surface area (Å²) in [5, 5.41) is 10.8.